The largest absolute Gasteiger partial charge is 0.399 e. The van der Waals surface area contributed by atoms with Gasteiger partial charge in [-0.3, -0.25) is 20.4 Å². The number of halogens is 1. The van der Waals surface area contributed by atoms with Crippen LogP contribution >= 0.6 is 27.7 Å². The molecule has 0 radical (unpaired) electrons. The van der Waals surface area contributed by atoms with Gasteiger partial charge in [0.2, 0.25) is 11.8 Å². The Balaban J connectivity index is 2.44. The number of benzene rings is 1. The molecule has 1 rings (SSSR count). The number of rotatable bonds is 3. The van der Waals surface area contributed by atoms with E-state index in [9.17, 15) is 9.59 Å². The summed E-state index contributed by atoms with van der Waals surface area (Å²) in [6.07, 6.45) is 0. The van der Waals surface area contributed by atoms with Gasteiger partial charge in [0.1, 0.15) is 0 Å². The first-order chi connectivity index (χ1) is 7.99. The third-order valence-corrected chi connectivity index (χ3v) is 3.68. The molecule has 5 nitrogen and oxygen atoms in total. The van der Waals surface area contributed by atoms with Crippen LogP contribution in [-0.2, 0) is 9.59 Å². The van der Waals surface area contributed by atoms with Crippen LogP contribution in [0.2, 0.25) is 0 Å². The Bertz CT molecular complexity index is 440. The number of amides is 2. The van der Waals surface area contributed by atoms with Crippen LogP contribution in [0.5, 0.6) is 0 Å². The lowest BCUT2D eigenvalue weighted by molar-refractivity contribution is -0.126. The van der Waals surface area contributed by atoms with Gasteiger partial charge in [-0.15, -0.1) is 11.8 Å². The van der Waals surface area contributed by atoms with Gasteiger partial charge >= 0.3 is 0 Å². The quantitative estimate of drug-likeness (QED) is 0.445. The van der Waals surface area contributed by atoms with Crippen LogP contribution in [-0.4, -0.2) is 17.6 Å². The summed E-state index contributed by atoms with van der Waals surface area (Å²) in [6, 6.07) is 5.36. The minimum atomic E-state index is -0.308. The summed E-state index contributed by atoms with van der Waals surface area (Å²) in [5.74, 6) is -0.367. The normalized spacial score (nSPS) is 9.76. The van der Waals surface area contributed by atoms with Crippen molar-refractivity contribution in [1.29, 1.82) is 0 Å². The second kappa shape index (κ2) is 6.51. The molecule has 0 aliphatic carbocycles. The molecule has 1 aromatic carbocycles. The Morgan fingerprint density at radius 3 is 2.71 bits per heavy atom. The molecular weight excluding hydrogens is 306 g/mol. The first-order valence-electron chi connectivity index (χ1n) is 4.72. The minimum Gasteiger partial charge on any atom is -0.399 e. The van der Waals surface area contributed by atoms with Crippen molar-refractivity contribution in [2.45, 2.75) is 11.8 Å². The Kier molecular flexibility index (Phi) is 5.30. The third-order valence-electron chi connectivity index (χ3n) is 1.69. The van der Waals surface area contributed by atoms with Crippen molar-refractivity contribution >= 4 is 45.2 Å². The summed E-state index contributed by atoms with van der Waals surface area (Å²) in [7, 11) is 0. The standard InChI is InChI=1S/C10H12BrN3O2S/c1-6(15)13-14-10(16)5-17-9-3-2-7(12)4-8(9)11/h2-4H,5,12H2,1H3,(H,13,15)(H,14,16). The van der Waals surface area contributed by atoms with Crippen molar-refractivity contribution in [3.05, 3.63) is 22.7 Å². The van der Waals surface area contributed by atoms with Crippen LogP contribution in [0.3, 0.4) is 0 Å². The Morgan fingerprint density at radius 1 is 1.41 bits per heavy atom. The summed E-state index contributed by atoms with van der Waals surface area (Å²) < 4.78 is 0.842. The van der Waals surface area contributed by atoms with Crippen molar-refractivity contribution in [2.75, 3.05) is 11.5 Å². The number of nitrogen functional groups attached to an aromatic ring is 1. The Labute approximate surface area is 112 Å². The van der Waals surface area contributed by atoms with E-state index in [2.05, 4.69) is 26.8 Å². The topological polar surface area (TPSA) is 84.2 Å². The predicted molar refractivity (Wildman–Crippen MR) is 71.2 cm³/mol. The van der Waals surface area contributed by atoms with Crippen LogP contribution in [0.4, 0.5) is 5.69 Å². The number of hydrogen-bond donors (Lipinski definition) is 3. The highest BCUT2D eigenvalue weighted by atomic mass is 79.9. The average Bonchev–Trinajstić information content (AvgIpc) is 2.25. The van der Waals surface area contributed by atoms with Gasteiger partial charge in [-0.2, -0.15) is 0 Å². The smallest absolute Gasteiger partial charge is 0.248 e. The van der Waals surface area contributed by atoms with Crippen molar-refractivity contribution in [3.63, 3.8) is 0 Å². The van der Waals surface area contributed by atoms with Gasteiger partial charge in [-0.25, -0.2) is 0 Å². The van der Waals surface area contributed by atoms with E-state index >= 15 is 0 Å². The molecule has 0 heterocycles. The van der Waals surface area contributed by atoms with E-state index in [1.165, 1.54) is 18.7 Å². The lowest BCUT2D eigenvalue weighted by Gasteiger charge is -2.06. The Morgan fingerprint density at radius 2 is 2.12 bits per heavy atom. The average molecular weight is 318 g/mol. The number of hydrazine groups is 1. The van der Waals surface area contributed by atoms with E-state index in [0.717, 1.165) is 9.37 Å². The molecule has 0 aromatic heterocycles. The van der Waals surface area contributed by atoms with Gasteiger partial charge in [-0.1, -0.05) is 0 Å². The zero-order chi connectivity index (χ0) is 12.8. The predicted octanol–water partition coefficient (Wildman–Crippen LogP) is 1.29. The fourth-order valence-electron chi connectivity index (χ4n) is 0.971. The maximum absolute atomic E-state index is 11.3. The maximum atomic E-state index is 11.3. The molecule has 17 heavy (non-hydrogen) atoms. The van der Waals surface area contributed by atoms with Crippen LogP contribution in [0, 0.1) is 0 Å². The molecule has 4 N–H and O–H groups in total. The fraction of sp³-hybridized carbons (Fsp3) is 0.200. The molecule has 0 saturated carbocycles. The highest BCUT2D eigenvalue weighted by Crippen LogP contribution is 2.28. The number of thioether (sulfide) groups is 1. The van der Waals surface area contributed by atoms with Crippen LogP contribution in [0.15, 0.2) is 27.6 Å². The first-order valence-corrected chi connectivity index (χ1v) is 6.50. The van der Waals surface area contributed by atoms with Gasteiger partial charge in [0.25, 0.3) is 0 Å². The van der Waals surface area contributed by atoms with E-state index < -0.39 is 0 Å². The lowest BCUT2D eigenvalue weighted by atomic mass is 10.3. The molecule has 1 aromatic rings. The molecule has 2 amide bonds. The summed E-state index contributed by atoms with van der Waals surface area (Å²) in [5, 5.41) is 0. The van der Waals surface area contributed by atoms with Gasteiger partial charge in [0.05, 0.1) is 5.75 Å². The van der Waals surface area contributed by atoms with Crippen molar-refractivity contribution in [2.24, 2.45) is 0 Å². The van der Waals surface area contributed by atoms with Gasteiger partial charge in [-0.05, 0) is 34.1 Å². The van der Waals surface area contributed by atoms with Crippen molar-refractivity contribution in [1.82, 2.24) is 10.9 Å². The molecule has 0 unspecified atom stereocenters. The molecular formula is C10H12BrN3O2S. The number of carbonyl (C=O) groups is 2. The molecule has 0 bridgehead atoms. The van der Waals surface area contributed by atoms with Crippen molar-refractivity contribution < 1.29 is 9.59 Å². The molecule has 0 atom stereocenters. The van der Waals surface area contributed by atoms with Crippen LogP contribution in [0.1, 0.15) is 6.92 Å². The number of nitrogens with two attached hydrogens (primary N) is 1. The van der Waals surface area contributed by atoms with Gasteiger partial charge in [0, 0.05) is 22.0 Å². The van der Waals surface area contributed by atoms with Crippen molar-refractivity contribution in [3.8, 4) is 0 Å². The molecule has 0 aliphatic rings. The monoisotopic (exact) mass is 317 g/mol. The SMILES string of the molecule is CC(=O)NNC(=O)CSc1ccc(N)cc1Br. The summed E-state index contributed by atoms with van der Waals surface area (Å²) in [4.78, 5) is 22.8. The van der Waals surface area contributed by atoms with E-state index in [1.807, 2.05) is 6.07 Å². The number of carbonyl (C=O) groups excluding carboxylic acids is 2. The first kappa shape index (κ1) is 13.9. The van der Waals surface area contributed by atoms with E-state index in [-0.39, 0.29) is 17.6 Å². The summed E-state index contributed by atoms with van der Waals surface area (Å²) >= 11 is 4.71. The lowest BCUT2D eigenvalue weighted by Crippen LogP contribution is -2.41. The summed E-state index contributed by atoms with van der Waals surface area (Å²) in [6.45, 7) is 1.32. The zero-order valence-corrected chi connectivity index (χ0v) is 11.5. The van der Waals surface area contributed by atoms with E-state index in [1.54, 1.807) is 12.1 Å². The molecule has 92 valence electrons. The van der Waals surface area contributed by atoms with Crippen LogP contribution in [0.25, 0.3) is 0 Å². The highest BCUT2D eigenvalue weighted by Gasteiger charge is 2.05. The fourth-order valence-corrected chi connectivity index (χ4v) is 2.43. The highest BCUT2D eigenvalue weighted by molar-refractivity contribution is 9.10. The zero-order valence-electron chi connectivity index (χ0n) is 9.12. The van der Waals surface area contributed by atoms with Crippen LogP contribution < -0.4 is 16.6 Å². The Hall–Kier alpha value is -1.21. The second-order valence-corrected chi connectivity index (χ2v) is 5.08. The van der Waals surface area contributed by atoms with Gasteiger partial charge in [0.15, 0.2) is 0 Å². The molecule has 0 saturated heterocycles. The van der Waals surface area contributed by atoms with E-state index in [0.29, 0.717) is 5.69 Å². The minimum absolute atomic E-state index is 0.211. The van der Waals surface area contributed by atoms with Gasteiger partial charge < -0.3 is 5.73 Å². The number of nitrogens with one attached hydrogen (secondary N) is 2. The molecule has 0 aliphatic heterocycles. The third kappa shape index (κ3) is 5.10. The molecule has 7 heteroatoms. The molecule has 0 spiro atoms. The number of anilines is 1. The summed E-state index contributed by atoms with van der Waals surface area (Å²) in [5.41, 5.74) is 10.8. The van der Waals surface area contributed by atoms with E-state index in [4.69, 9.17) is 5.73 Å². The second-order valence-electron chi connectivity index (χ2n) is 3.21. The molecule has 0 fully saturated rings. The number of hydrogen-bond acceptors (Lipinski definition) is 4. The maximum Gasteiger partial charge on any atom is 0.248 e.